The maximum absolute atomic E-state index is 13.3. The van der Waals surface area contributed by atoms with Crippen LogP contribution in [0.2, 0.25) is 0 Å². The maximum Gasteiger partial charge on any atom is 0.487 e. The first kappa shape index (κ1) is 32.6. The number of ether oxygens (including phenoxy) is 1. The molecule has 5 heterocycles. The molecule has 50 heavy (non-hydrogen) atoms. The fraction of sp³-hybridized carbons (Fsp3) is 0.242. The van der Waals surface area contributed by atoms with Gasteiger partial charge in [-0.2, -0.15) is 5.10 Å². The zero-order chi connectivity index (χ0) is 35.2. The highest BCUT2D eigenvalue weighted by atomic mass is 35.5. The molecule has 0 spiro atoms. The van der Waals surface area contributed by atoms with Crippen LogP contribution in [-0.2, 0) is 9.59 Å². The minimum Gasteiger partial charge on any atom is -0.420 e. The number of pyridine rings is 1. The van der Waals surface area contributed by atoms with Gasteiger partial charge in [-0.1, -0.05) is 0 Å². The first-order chi connectivity index (χ1) is 23.9. The predicted molar refractivity (Wildman–Crippen MR) is 175 cm³/mol. The van der Waals surface area contributed by atoms with Gasteiger partial charge in [0.15, 0.2) is 0 Å². The van der Waals surface area contributed by atoms with Crippen LogP contribution in [0.25, 0.3) is 11.3 Å². The lowest BCUT2D eigenvalue weighted by Gasteiger charge is -2.37. The number of rotatable bonds is 8. The molecule has 5 amide bonds. The Balaban J connectivity index is 1.05. The number of halogens is 3. The summed E-state index contributed by atoms with van der Waals surface area (Å²) in [5.74, 6) is -2.27. The summed E-state index contributed by atoms with van der Waals surface area (Å²) in [6.45, 7) is 2.14. The van der Waals surface area contributed by atoms with Crippen LogP contribution in [0.15, 0.2) is 67.0 Å². The van der Waals surface area contributed by atoms with Crippen LogP contribution in [0.4, 0.5) is 26.0 Å². The van der Waals surface area contributed by atoms with Crippen molar-refractivity contribution in [1.29, 1.82) is 0 Å². The average molecular weight is 705 g/mol. The molecular weight excluding hydrogens is 678 g/mol. The number of nitrogens with zero attached hydrogens (tertiary/aromatic N) is 5. The zero-order valence-electron chi connectivity index (χ0n) is 26.0. The summed E-state index contributed by atoms with van der Waals surface area (Å²) in [5.41, 5.74) is -0.861. The molecule has 2 saturated heterocycles. The fourth-order valence-corrected chi connectivity index (χ4v) is 6.30. The lowest BCUT2D eigenvalue weighted by molar-refractivity contribution is -0.136. The number of amides is 5. The Morgan fingerprint density at radius 3 is 2.32 bits per heavy atom. The van der Waals surface area contributed by atoms with E-state index in [9.17, 15) is 32.8 Å². The van der Waals surface area contributed by atoms with Gasteiger partial charge in [0.1, 0.15) is 17.6 Å². The molecule has 1 atom stereocenters. The standard InChI is InChI=1S/C33H27ClF2N8O6/c34-33(35,36)50-21-4-1-19(2-5-21)39-29(46)18-15-24(25-9-10-38-41-25)28(37-17-18)43-13-11-42(12-14-43)20-3-6-22-23(16-20)32(49)44(31(22)48)26-7-8-27(45)40-30(26)47/h1-6,9-10,15-17,26H,7-8,11-14H2,(H,38,41)(H,39,46)(H,40,45,47). The molecule has 0 aliphatic carbocycles. The second-order valence-corrected chi connectivity index (χ2v) is 12.2. The minimum absolute atomic E-state index is 0.0417. The van der Waals surface area contributed by atoms with Crippen molar-refractivity contribution >= 4 is 58.3 Å². The summed E-state index contributed by atoms with van der Waals surface area (Å²) < 4.78 is 30.2. The van der Waals surface area contributed by atoms with Crippen molar-refractivity contribution < 1.29 is 37.5 Å². The number of carbonyl (C=O) groups is 5. The molecule has 3 aliphatic heterocycles. The molecule has 1 unspecified atom stereocenters. The molecular formula is C33H27ClF2N8O6. The van der Waals surface area contributed by atoms with Crippen molar-refractivity contribution in [3.05, 3.63) is 83.7 Å². The van der Waals surface area contributed by atoms with Crippen molar-refractivity contribution in [2.45, 2.75) is 24.5 Å². The summed E-state index contributed by atoms with van der Waals surface area (Å²) in [6.07, 6.45) is 3.15. The normalized spacial score (nSPS) is 17.9. The van der Waals surface area contributed by atoms with Gasteiger partial charge in [-0.25, -0.2) is 4.98 Å². The Labute approximate surface area is 287 Å². The van der Waals surface area contributed by atoms with E-state index in [-0.39, 0.29) is 35.3 Å². The number of benzene rings is 2. The summed E-state index contributed by atoms with van der Waals surface area (Å²) in [5, 5.41) is 11.9. The van der Waals surface area contributed by atoms with Gasteiger partial charge in [0.25, 0.3) is 17.7 Å². The topological polar surface area (TPSA) is 170 Å². The monoisotopic (exact) mass is 704 g/mol. The number of H-pyrrole nitrogens is 1. The molecule has 17 heteroatoms. The highest BCUT2D eigenvalue weighted by Gasteiger charge is 2.45. The number of carbonyl (C=O) groups excluding carboxylic acids is 5. The lowest BCUT2D eigenvalue weighted by atomic mass is 10.0. The zero-order valence-corrected chi connectivity index (χ0v) is 26.7. The number of piperidine rings is 1. The molecule has 0 saturated carbocycles. The number of nitrogens with one attached hydrogen (secondary N) is 3. The van der Waals surface area contributed by atoms with Gasteiger partial charge < -0.3 is 19.9 Å². The molecule has 14 nitrogen and oxygen atoms in total. The number of hydrogen-bond acceptors (Lipinski definition) is 10. The first-order valence-corrected chi connectivity index (χ1v) is 15.9. The van der Waals surface area contributed by atoms with E-state index in [0.29, 0.717) is 48.9 Å². The molecule has 0 bridgehead atoms. The number of fused-ring (bicyclic) bond motifs is 1. The van der Waals surface area contributed by atoms with Crippen molar-refractivity contribution in [2.24, 2.45) is 0 Å². The quantitative estimate of drug-likeness (QED) is 0.182. The molecule has 7 rings (SSSR count). The number of piperazine rings is 1. The first-order valence-electron chi connectivity index (χ1n) is 15.5. The summed E-state index contributed by atoms with van der Waals surface area (Å²) in [4.78, 5) is 73.3. The highest BCUT2D eigenvalue weighted by Crippen LogP contribution is 2.33. The van der Waals surface area contributed by atoms with Crippen LogP contribution < -0.4 is 25.2 Å². The summed E-state index contributed by atoms with van der Waals surface area (Å²) >= 11 is 4.81. The maximum atomic E-state index is 13.3. The van der Waals surface area contributed by atoms with E-state index in [1.807, 2.05) is 0 Å². The van der Waals surface area contributed by atoms with E-state index < -0.39 is 41.1 Å². The van der Waals surface area contributed by atoms with E-state index >= 15 is 0 Å². The Morgan fingerprint density at radius 1 is 0.920 bits per heavy atom. The number of hydrogen-bond donors (Lipinski definition) is 3. The van der Waals surface area contributed by atoms with Crippen LogP contribution in [-0.4, -0.2) is 87.4 Å². The van der Waals surface area contributed by atoms with Gasteiger partial charge in [-0.05, 0) is 61.0 Å². The number of imide groups is 2. The Hall–Kier alpha value is -5.90. The number of alkyl halides is 3. The van der Waals surface area contributed by atoms with Gasteiger partial charge in [0, 0.05) is 73.5 Å². The Bertz CT molecular complexity index is 2010. The van der Waals surface area contributed by atoms with Crippen LogP contribution in [0.1, 0.15) is 43.9 Å². The van der Waals surface area contributed by atoms with Crippen molar-refractivity contribution in [1.82, 2.24) is 25.4 Å². The smallest absolute Gasteiger partial charge is 0.420 e. The van der Waals surface area contributed by atoms with E-state index in [1.54, 1.807) is 36.5 Å². The molecule has 3 aliphatic rings. The van der Waals surface area contributed by atoms with Gasteiger partial charge in [0.2, 0.25) is 11.8 Å². The largest absolute Gasteiger partial charge is 0.487 e. The summed E-state index contributed by atoms with van der Waals surface area (Å²) in [6, 6.07) is 12.7. The Kier molecular flexibility index (Phi) is 8.39. The lowest BCUT2D eigenvalue weighted by Crippen LogP contribution is -2.54. The second-order valence-electron chi connectivity index (χ2n) is 11.7. The minimum atomic E-state index is -3.86. The SMILES string of the molecule is O=C1CCC(N2C(=O)c3ccc(N4CCN(c5ncc(C(=O)Nc6ccc(OC(F)(F)Cl)cc6)cc5-c5ccn[nH]5)CC4)cc3C2=O)C(=O)N1. The third-order valence-corrected chi connectivity index (χ3v) is 8.71. The van der Waals surface area contributed by atoms with Crippen LogP contribution in [0.3, 0.4) is 0 Å². The van der Waals surface area contributed by atoms with Crippen molar-refractivity contribution in [3.63, 3.8) is 0 Å². The van der Waals surface area contributed by atoms with Gasteiger partial charge in [-0.15, -0.1) is 8.78 Å². The fourth-order valence-electron chi connectivity index (χ4n) is 6.21. The third-order valence-electron chi connectivity index (χ3n) is 8.63. The predicted octanol–water partition coefficient (Wildman–Crippen LogP) is 3.62. The number of aromatic amines is 1. The molecule has 2 aromatic carbocycles. The average Bonchev–Trinajstić information content (AvgIpc) is 3.72. The van der Waals surface area contributed by atoms with Gasteiger partial charge in [0.05, 0.1) is 22.4 Å². The molecule has 2 fully saturated rings. The van der Waals surface area contributed by atoms with E-state index in [1.165, 1.54) is 30.5 Å². The molecule has 2 aromatic heterocycles. The third kappa shape index (κ3) is 6.44. The van der Waals surface area contributed by atoms with E-state index in [2.05, 4.69) is 40.4 Å². The van der Waals surface area contributed by atoms with Crippen LogP contribution in [0, 0.1) is 0 Å². The molecule has 0 radical (unpaired) electrons. The van der Waals surface area contributed by atoms with Crippen LogP contribution >= 0.6 is 11.6 Å². The van der Waals surface area contributed by atoms with Crippen molar-refractivity contribution in [2.75, 3.05) is 41.3 Å². The Morgan fingerprint density at radius 2 is 1.64 bits per heavy atom. The van der Waals surface area contributed by atoms with Crippen molar-refractivity contribution in [3.8, 4) is 17.0 Å². The highest BCUT2D eigenvalue weighted by molar-refractivity contribution is 6.24. The molecule has 3 N–H and O–H groups in total. The second kappa shape index (κ2) is 12.9. The van der Waals surface area contributed by atoms with E-state index in [4.69, 9.17) is 11.6 Å². The number of aromatic nitrogens is 3. The van der Waals surface area contributed by atoms with E-state index in [0.717, 1.165) is 10.6 Å². The summed E-state index contributed by atoms with van der Waals surface area (Å²) in [7, 11) is 0. The number of anilines is 3. The van der Waals surface area contributed by atoms with Gasteiger partial charge in [-0.3, -0.25) is 39.3 Å². The van der Waals surface area contributed by atoms with Crippen LogP contribution in [0.5, 0.6) is 5.75 Å². The van der Waals surface area contributed by atoms with Gasteiger partial charge >= 0.3 is 5.57 Å². The molecule has 4 aromatic rings. The molecule has 256 valence electrons.